The Hall–Kier alpha value is -1.04. The van der Waals surface area contributed by atoms with E-state index in [4.69, 9.17) is 11.6 Å². The predicted octanol–water partition coefficient (Wildman–Crippen LogP) is 4.83. The van der Waals surface area contributed by atoms with Crippen LogP contribution in [-0.4, -0.2) is 8.42 Å². The molecule has 3 nitrogen and oxygen atoms in total. The van der Waals surface area contributed by atoms with Crippen LogP contribution in [0.5, 0.6) is 0 Å². The second kappa shape index (κ2) is 5.99. The summed E-state index contributed by atoms with van der Waals surface area (Å²) in [6.45, 7) is 5.36. The molecule has 1 N–H and O–H groups in total. The fraction of sp³-hybridized carbons (Fsp3) is 0.200. The Morgan fingerprint density at radius 1 is 1.00 bits per heavy atom. The Morgan fingerprint density at radius 3 is 2.29 bits per heavy atom. The van der Waals surface area contributed by atoms with E-state index < -0.39 is 10.0 Å². The van der Waals surface area contributed by atoms with Crippen LogP contribution in [0.2, 0.25) is 5.02 Å². The van der Waals surface area contributed by atoms with E-state index in [1.807, 2.05) is 13.0 Å². The number of sulfonamides is 1. The summed E-state index contributed by atoms with van der Waals surface area (Å²) in [5.41, 5.74) is 2.75. The average molecular weight is 389 g/mol. The Bertz CT molecular complexity index is 804. The van der Waals surface area contributed by atoms with Gasteiger partial charge in [0.05, 0.1) is 10.6 Å². The molecule has 21 heavy (non-hydrogen) atoms. The van der Waals surface area contributed by atoms with Gasteiger partial charge in [0.1, 0.15) is 0 Å². The van der Waals surface area contributed by atoms with Crippen molar-refractivity contribution in [3.05, 3.63) is 56.5 Å². The first-order valence-electron chi connectivity index (χ1n) is 6.26. The van der Waals surface area contributed by atoms with Crippen LogP contribution in [0.4, 0.5) is 5.69 Å². The number of nitrogens with one attached hydrogen (secondary N) is 1. The van der Waals surface area contributed by atoms with Crippen molar-refractivity contribution in [1.29, 1.82) is 0 Å². The van der Waals surface area contributed by atoms with Gasteiger partial charge in [0, 0.05) is 9.50 Å². The first-order chi connectivity index (χ1) is 9.70. The Balaban J connectivity index is 2.46. The minimum absolute atomic E-state index is 0.242. The molecule has 2 aromatic rings. The number of rotatable bonds is 3. The van der Waals surface area contributed by atoms with E-state index in [-0.39, 0.29) is 4.90 Å². The molecule has 0 aliphatic rings. The van der Waals surface area contributed by atoms with Crippen LogP contribution in [0, 0.1) is 20.8 Å². The van der Waals surface area contributed by atoms with Gasteiger partial charge in [-0.1, -0.05) is 27.5 Å². The minimum Gasteiger partial charge on any atom is -0.279 e. The van der Waals surface area contributed by atoms with Gasteiger partial charge in [-0.25, -0.2) is 8.42 Å². The van der Waals surface area contributed by atoms with E-state index >= 15 is 0 Å². The van der Waals surface area contributed by atoms with Crippen molar-refractivity contribution in [2.24, 2.45) is 0 Å². The maximum absolute atomic E-state index is 12.6. The molecule has 112 valence electrons. The molecule has 0 atom stereocenters. The summed E-state index contributed by atoms with van der Waals surface area (Å²) in [7, 11) is -3.64. The molecule has 0 radical (unpaired) electrons. The highest BCUT2D eigenvalue weighted by Crippen LogP contribution is 2.27. The van der Waals surface area contributed by atoms with Crippen molar-refractivity contribution in [2.45, 2.75) is 25.7 Å². The largest absolute Gasteiger partial charge is 0.279 e. The Kier molecular flexibility index (Phi) is 4.66. The molecular weight excluding hydrogens is 374 g/mol. The highest BCUT2D eigenvalue weighted by atomic mass is 79.9. The topological polar surface area (TPSA) is 46.2 Å². The van der Waals surface area contributed by atoms with Gasteiger partial charge in [0.15, 0.2) is 0 Å². The summed E-state index contributed by atoms with van der Waals surface area (Å²) >= 11 is 9.38. The summed E-state index contributed by atoms with van der Waals surface area (Å²) < 4.78 is 28.6. The Labute approximate surface area is 138 Å². The van der Waals surface area contributed by atoms with Gasteiger partial charge in [-0.3, -0.25) is 4.72 Å². The molecule has 0 aromatic heterocycles. The van der Waals surface area contributed by atoms with Crippen LogP contribution in [0.15, 0.2) is 39.7 Å². The minimum atomic E-state index is -3.64. The van der Waals surface area contributed by atoms with Crippen LogP contribution >= 0.6 is 27.5 Å². The molecule has 0 saturated carbocycles. The summed E-state index contributed by atoms with van der Waals surface area (Å²) in [5, 5.41) is 0.561. The number of hydrogen-bond acceptors (Lipinski definition) is 2. The van der Waals surface area contributed by atoms with Gasteiger partial charge in [-0.05, 0) is 67.8 Å². The van der Waals surface area contributed by atoms with Crippen molar-refractivity contribution in [1.82, 2.24) is 0 Å². The van der Waals surface area contributed by atoms with Crippen LogP contribution in [0.25, 0.3) is 0 Å². The monoisotopic (exact) mass is 387 g/mol. The van der Waals surface area contributed by atoms with Gasteiger partial charge in [0.25, 0.3) is 10.0 Å². The standard InChI is InChI=1S/C15H15BrClNO2S/c1-9-8-15(11(3)7-13(9)17)21(19,20)18-14-5-4-12(16)6-10(14)2/h4-8,18H,1-3H3. The second-order valence-electron chi connectivity index (χ2n) is 4.93. The lowest BCUT2D eigenvalue weighted by molar-refractivity contribution is 0.600. The molecular formula is C15H15BrClNO2S. The van der Waals surface area contributed by atoms with Crippen molar-refractivity contribution >= 4 is 43.2 Å². The van der Waals surface area contributed by atoms with Gasteiger partial charge >= 0.3 is 0 Å². The van der Waals surface area contributed by atoms with Crippen molar-refractivity contribution in [3.63, 3.8) is 0 Å². The van der Waals surface area contributed by atoms with E-state index in [0.717, 1.165) is 15.6 Å². The molecule has 0 unspecified atom stereocenters. The van der Waals surface area contributed by atoms with E-state index in [1.165, 1.54) is 0 Å². The normalized spacial score (nSPS) is 11.5. The predicted molar refractivity (Wildman–Crippen MR) is 90.6 cm³/mol. The molecule has 0 aliphatic carbocycles. The molecule has 0 fully saturated rings. The van der Waals surface area contributed by atoms with Crippen molar-refractivity contribution in [2.75, 3.05) is 4.72 Å². The zero-order valence-corrected chi connectivity index (χ0v) is 15.0. The SMILES string of the molecule is Cc1cc(S(=O)(=O)Nc2ccc(Br)cc2C)c(C)cc1Cl. The quantitative estimate of drug-likeness (QED) is 0.818. The lowest BCUT2D eigenvalue weighted by Crippen LogP contribution is -2.15. The van der Waals surface area contributed by atoms with Crippen LogP contribution < -0.4 is 4.72 Å². The highest BCUT2D eigenvalue weighted by molar-refractivity contribution is 9.10. The number of aryl methyl sites for hydroxylation is 3. The molecule has 0 amide bonds. The fourth-order valence-electron chi connectivity index (χ4n) is 1.99. The maximum atomic E-state index is 12.6. The molecule has 0 aliphatic heterocycles. The third kappa shape index (κ3) is 3.59. The second-order valence-corrected chi connectivity index (χ2v) is 7.91. The van der Waals surface area contributed by atoms with Crippen LogP contribution in [-0.2, 0) is 10.0 Å². The average Bonchev–Trinajstić information content (AvgIpc) is 2.37. The zero-order chi connectivity index (χ0) is 15.8. The van der Waals surface area contributed by atoms with E-state index in [1.54, 1.807) is 38.1 Å². The molecule has 0 saturated heterocycles. The number of anilines is 1. The van der Waals surface area contributed by atoms with Crippen LogP contribution in [0.1, 0.15) is 16.7 Å². The van der Waals surface area contributed by atoms with E-state index in [0.29, 0.717) is 16.3 Å². The van der Waals surface area contributed by atoms with Gasteiger partial charge < -0.3 is 0 Å². The molecule has 0 spiro atoms. The molecule has 0 bridgehead atoms. The van der Waals surface area contributed by atoms with E-state index in [2.05, 4.69) is 20.7 Å². The molecule has 0 heterocycles. The zero-order valence-electron chi connectivity index (χ0n) is 11.9. The third-order valence-corrected chi connectivity index (χ3v) is 5.59. The number of halogens is 2. The highest BCUT2D eigenvalue weighted by Gasteiger charge is 2.19. The van der Waals surface area contributed by atoms with Gasteiger partial charge in [-0.2, -0.15) is 0 Å². The Morgan fingerprint density at radius 2 is 1.67 bits per heavy atom. The lowest BCUT2D eigenvalue weighted by Gasteiger charge is -2.13. The smallest absolute Gasteiger partial charge is 0.262 e. The first kappa shape index (κ1) is 16.3. The van der Waals surface area contributed by atoms with Gasteiger partial charge in [0.2, 0.25) is 0 Å². The lowest BCUT2D eigenvalue weighted by atomic mass is 10.2. The van der Waals surface area contributed by atoms with Crippen molar-refractivity contribution < 1.29 is 8.42 Å². The fourth-order valence-corrected chi connectivity index (χ4v) is 4.12. The number of hydrogen-bond donors (Lipinski definition) is 1. The molecule has 2 aromatic carbocycles. The molecule has 2 rings (SSSR count). The summed E-state index contributed by atoms with van der Waals surface area (Å²) in [6.07, 6.45) is 0. The van der Waals surface area contributed by atoms with Gasteiger partial charge in [-0.15, -0.1) is 0 Å². The summed E-state index contributed by atoms with van der Waals surface area (Å²) in [4.78, 5) is 0.242. The molecule has 6 heteroatoms. The summed E-state index contributed by atoms with van der Waals surface area (Å²) in [5.74, 6) is 0. The van der Waals surface area contributed by atoms with Crippen molar-refractivity contribution in [3.8, 4) is 0 Å². The maximum Gasteiger partial charge on any atom is 0.262 e. The van der Waals surface area contributed by atoms with E-state index in [9.17, 15) is 8.42 Å². The first-order valence-corrected chi connectivity index (χ1v) is 8.92. The summed E-state index contributed by atoms with van der Waals surface area (Å²) in [6, 6.07) is 8.64. The van der Waals surface area contributed by atoms with Crippen LogP contribution in [0.3, 0.4) is 0 Å². The third-order valence-electron chi connectivity index (χ3n) is 3.18. The number of benzene rings is 2.